The summed E-state index contributed by atoms with van der Waals surface area (Å²) in [5, 5.41) is 0. The molecule has 0 saturated carbocycles. The van der Waals surface area contributed by atoms with Crippen molar-refractivity contribution in [2.24, 2.45) is 4.36 Å². The summed E-state index contributed by atoms with van der Waals surface area (Å²) in [5.41, 5.74) is 1.08. The van der Waals surface area contributed by atoms with E-state index in [0.29, 0.717) is 0 Å². The highest BCUT2D eigenvalue weighted by atomic mass is 79.9. The Labute approximate surface area is 74.9 Å². The van der Waals surface area contributed by atoms with Crippen LogP contribution in [-0.2, 0) is 10.6 Å². The van der Waals surface area contributed by atoms with Crippen LogP contribution in [0.3, 0.4) is 0 Å². The Morgan fingerprint density at radius 3 is 3.10 bits per heavy atom. The lowest BCUT2D eigenvalue weighted by atomic mass is 10.3. The fourth-order valence-corrected chi connectivity index (χ4v) is 3.25. The van der Waals surface area contributed by atoms with Crippen molar-refractivity contribution in [1.29, 1.82) is 0 Å². The molecule has 1 radical (unpaired) electrons. The molecule has 0 aromatic heterocycles. The van der Waals surface area contributed by atoms with E-state index < -0.39 is 0 Å². The van der Waals surface area contributed by atoms with Crippen LogP contribution in [0.5, 0.6) is 0 Å². The van der Waals surface area contributed by atoms with Gasteiger partial charge in [-0.05, 0) is 38.9 Å². The lowest BCUT2D eigenvalue weighted by Crippen LogP contribution is -1.67. The lowest BCUT2D eigenvalue weighted by molar-refractivity contribution is 1.39. The molecule has 0 fully saturated rings. The Bertz CT molecular complexity index is 298. The number of benzene rings is 1. The number of hydrogen-bond donors (Lipinski definition) is 0. The topological polar surface area (TPSA) is 12.4 Å². The molecule has 0 spiro atoms. The van der Waals surface area contributed by atoms with E-state index in [1.807, 2.05) is 12.1 Å². The molecule has 1 heterocycles. The molecule has 10 heavy (non-hydrogen) atoms. The minimum Gasteiger partial charge on any atom is -0.184 e. The molecule has 4 heteroatoms. The summed E-state index contributed by atoms with van der Waals surface area (Å²) in [5.74, 6) is 0. The number of rotatable bonds is 0. The summed E-state index contributed by atoms with van der Waals surface area (Å²) >= 11 is 3.43. The third-order valence-corrected chi connectivity index (χ3v) is 3.67. The standard InChI is InChI=1S/C6H3BrNS2/c7-4-2-1-3-5-6(4)8-10-9-5/h1-3H. The third kappa shape index (κ3) is 1.00. The van der Waals surface area contributed by atoms with Crippen molar-refractivity contribution in [2.75, 3.05) is 0 Å². The predicted molar refractivity (Wildman–Crippen MR) is 49.5 cm³/mol. The summed E-state index contributed by atoms with van der Waals surface area (Å²) in [4.78, 5) is 1.25. The van der Waals surface area contributed by atoms with Gasteiger partial charge in [0, 0.05) is 15.1 Å². The van der Waals surface area contributed by atoms with Crippen molar-refractivity contribution < 1.29 is 0 Å². The average Bonchev–Trinajstić information content (AvgIpc) is 2.36. The number of nitrogens with zero attached hydrogens (tertiary/aromatic N) is 1. The fourth-order valence-electron chi connectivity index (χ4n) is 0.747. The van der Waals surface area contributed by atoms with E-state index in [2.05, 4.69) is 26.4 Å². The summed E-state index contributed by atoms with van der Waals surface area (Å²) in [6.45, 7) is 0. The largest absolute Gasteiger partial charge is 0.184 e. The predicted octanol–water partition coefficient (Wildman–Crippen LogP) is 3.37. The summed E-state index contributed by atoms with van der Waals surface area (Å²) in [6, 6.07) is 6.11. The van der Waals surface area contributed by atoms with Crippen molar-refractivity contribution in [3.8, 4) is 0 Å². The highest BCUT2D eigenvalue weighted by Crippen LogP contribution is 2.40. The van der Waals surface area contributed by atoms with Crippen molar-refractivity contribution in [1.82, 2.24) is 0 Å². The molecule has 0 saturated heterocycles. The third-order valence-electron chi connectivity index (χ3n) is 1.21. The number of halogens is 1. The van der Waals surface area contributed by atoms with E-state index in [1.165, 1.54) is 15.5 Å². The first-order valence-electron chi connectivity index (χ1n) is 2.71. The van der Waals surface area contributed by atoms with Gasteiger partial charge in [-0.25, -0.2) is 0 Å². The van der Waals surface area contributed by atoms with Crippen LogP contribution >= 0.6 is 26.7 Å². The molecule has 0 amide bonds. The van der Waals surface area contributed by atoms with E-state index in [-0.39, 0.29) is 0 Å². The van der Waals surface area contributed by atoms with Gasteiger partial charge in [-0.3, -0.25) is 0 Å². The Morgan fingerprint density at radius 1 is 1.40 bits per heavy atom. The van der Waals surface area contributed by atoms with Gasteiger partial charge in [0.2, 0.25) is 0 Å². The van der Waals surface area contributed by atoms with Crippen LogP contribution in [0.4, 0.5) is 5.69 Å². The molecule has 1 nitrogen and oxygen atoms in total. The maximum Gasteiger partial charge on any atom is 0.106 e. The van der Waals surface area contributed by atoms with Crippen LogP contribution in [0.15, 0.2) is 31.9 Å². The molecule has 1 aromatic carbocycles. The Morgan fingerprint density at radius 2 is 2.30 bits per heavy atom. The number of hydrogen-bond acceptors (Lipinski definition) is 2. The molecule has 0 bridgehead atoms. The van der Waals surface area contributed by atoms with Gasteiger partial charge >= 0.3 is 0 Å². The Balaban J connectivity index is 2.67. The van der Waals surface area contributed by atoms with Crippen LogP contribution < -0.4 is 0 Å². The van der Waals surface area contributed by atoms with Crippen molar-refractivity contribution in [3.05, 3.63) is 22.7 Å². The van der Waals surface area contributed by atoms with Gasteiger partial charge in [-0.2, -0.15) is 4.36 Å². The molecule has 0 aliphatic carbocycles. The minimum absolute atomic E-state index is 1.08. The molecule has 1 aliphatic rings. The van der Waals surface area contributed by atoms with Crippen LogP contribution in [0.1, 0.15) is 0 Å². The first-order chi connectivity index (χ1) is 4.88. The van der Waals surface area contributed by atoms with E-state index >= 15 is 0 Å². The smallest absolute Gasteiger partial charge is 0.106 e. The maximum atomic E-state index is 4.23. The van der Waals surface area contributed by atoms with Crippen LogP contribution in [-0.4, -0.2) is 0 Å². The first-order valence-corrected chi connectivity index (χ1v) is 5.61. The molecule has 1 aromatic rings. The Hall–Kier alpha value is 0.0700. The average molecular weight is 233 g/mol. The highest BCUT2D eigenvalue weighted by Gasteiger charge is 2.09. The minimum atomic E-state index is 1.08. The number of fused-ring (bicyclic) bond motifs is 1. The second-order valence-corrected chi connectivity index (χ2v) is 4.58. The zero-order chi connectivity index (χ0) is 6.97. The summed E-state index contributed by atoms with van der Waals surface area (Å²) in [6.07, 6.45) is 0. The van der Waals surface area contributed by atoms with Gasteiger partial charge in [0.25, 0.3) is 0 Å². The normalized spacial score (nSPS) is 13.7. The van der Waals surface area contributed by atoms with Crippen molar-refractivity contribution in [3.63, 3.8) is 0 Å². The van der Waals surface area contributed by atoms with Gasteiger partial charge in [0.1, 0.15) is 5.69 Å². The maximum absolute atomic E-state index is 4.23. The molecule has 2 rings (SSSR count). The summed E-state index contributed by atoms with van der Waals surface area (Å²) < 4.78 is 5.32. The van der Waals surface area contributed by atoms with Crippen molar-refractivity contribution in [2.45, 2.75) is 4.90 Å². The van der Waals surface area contributed by atoms with Crippen LogP contribution in [0, 0.1) is 0 Å². The molecule has 0 atom stereocenters. The van der Waals surface area contributed by atoms with Gasteiger partial charge < -0.3 is 0 Å². The van der Waals surface area contributed by atoms with Crippen LogP contribution in [0.25, 0.3) is 0 Å². The zero-order valence-corrected chi connectivity index (χ0v) is 8.09. The molecule has 51 valence electrons. The molecule has 1 aliphatic heterocycles. The van der Waals surface area contributed by atoms with Gasteiger partial charge in [0.15, 0.2) is 0 Å². The van der Waals surface area contributed by atoms with E-state index in [1.54, 1.807) is 10.8 Å². The fraction of sp³-hybridized carbons (Fsp3) is 0. The highest BCUT2D eigenvalue weighted by molar-refractivity contribution is 9.10. The zero-order valence-electron chi connectivity index (χ0n) is 4.87. The van der Waals surface area contributed by atoms with E-state index in [9.17, 15) is 0 Å². The molecule has 0 unspecified atom stereocenters. The van der Waals surface area contributed by atoms with Crippen molar-refractivity contribution >= 4 is 43.0 Å². The Kier molecular flexibility index (Phi) is 1.76. The molecular weight excluding hydrogens is 230 g/mol. The lowest BCUT2D eigenvalue weighted by Gasteiger charge is -1.94. The first kappa shape index (κ1) is 6.76. The van der Waals surface area contributed by atoms with E-state index in [0.717, 1.165) is 10.2 Å². The van der Waals surface area contributed by atoms with Crippen LogP contribution in [0.2, 0.25) is 0 Å². The molecular formula is C6H3BrNS2. The monoisotopic (exact) mass is 232 g/mol. The quantitative estimate of drug-likeness (QED) is 0.626. The summed E-state index contributed by atoms with van der Waals surface area (Å²) in [7, 11) is 3.23. The second kappa shape index (κ2) is 2.60. The van der Waals surface area contributed by atoms with Gasteiger partial charge in [-0.1, -0.05) is 6.07 Å². The van der Waals surface area contributed by atoms with Gasteiger partial charge in [0.05, 0.1) is 4.90 Å². The molecule has 0 N–H and O–H groups in total. The van der Waals surface area contributed by atoms with E-state index in [4.69, 9.17) is 0 Å². The van der Waals surface area contributed by atoms with Gasteiger partial charge in [-0.15, -0.1) is 0 Å². The SMILES string of the molecule is Brc1cccc2c1N=[S]S2. The second-order valence-electron chi connectivity index (χ2n) is 1.84.